The van der Waals surface area contributed by atoms with Gasteiger partial charge in [0.2, 0.25) is 0 Å². The Hall–Kier alpha value is -1.60. The van der Waals surface area contributed by atoms with E-state index in [1.54, 1.807) is 12.0 Å². The first kappa shape index (κ1) is 17.2. The number of hydrogen-bond acceptors (Lipinski definition) is 5. The predicted octanol–water partition coefficient (Wildman–Crippen LogP) is 4.65. The molecule has 1 aromatic heterocycles. The van der Waals surface area contributed by atoms with Crippen molar-refractivity contribution in [3.05, 3.63) is 56.6 Å². The number of benzene rings is 1. The van der Waals surface area contributed by atoms with Crippen molar-refractivity contribution in [2.75, 3.05) is 20.3 Å². The van der Waals surface area contributed by atoms with Gasteiger partial charge in [-0.3, -0.25) is 9.69 Å². The van der Waals surface area contributed by atoms with E-state index < -0.39 is 0 Å². The number of carbonyl (C=O) groups is 1. The third-order valence-corrected chi connectivity index (χ3v) is 5.44. The summed E-state index contributed by atoms with van der Waals surface area (Å²) in [5.41, 5.74) is 0.815. The van der Waals surface area contributed by atoms with Crippen LogP contribution in [-0.2, 0) is 9.53 Å². The summed E-state index contributed by atoms with van der Waals surface area (Å²) in [6.07, 6.45) is 1.86. The Labute approximate surface area is 153 Å². The zero-order chi connectivity index (χ0) is 16.9. The van der Waals surface area contributed by atoms with Gasteiger partial charge in [-0.25, -0.2) is 4.99 Å². The molecule has 2 aromatic rings. The Morgan fingerprint density at radius 2 is 2.04 bits per heavy atom. The van der Waals surface area contributed by atoms with Gasteiger partial charge < -0.3 is 4.74 Å². The zero-order valence-corrected chi connectivity index (χ0v) is 15.3. The third-order valence-electron chi connectivity index (χ3n) is 3.26. The highest BCUT2D eigenvalue weighted by atomic mass is 35.5. The lowest BCUT2D eigenvalue weighted by atomic mass is 10.3. The molecule has 0 bridgehead atoms. The molecule has 1 aliphatic rings. The van der Waals surface area contributed by atoms with E-state index in [1.807, 2.05) is 48.5 Å². The molecule has 0 radical (unpaired) electrons. The molecule has 0 spiro atoms. The number of methoxy groups -OCH3 is 1. The number of amides is 1. The van der Waals surface area contributed by atoms with E-state index in [-0.39, 0.29) is 5.91 Å². The zero-order valence-electron chi connectivity index (χ0n) is 12.9. The normalized spacial score (nSPS) is 18.1. The second kappa shape index (κ2) is 7.98. The minimum absolute atomic E-state index is 0.0590. The largest absolute Gasteiger partial charge is 0.383 e. The Kier molecular flexibility index (Phi) is 5.73. The van der Waals surface area contributed by atoms with Gasteiger partial charge in [0.05, 0.1) is 28.1 Å². The summed E-state index contributed by atoms with van der Waals surface area (Å²) >= 11 is 8.78. The van der Waals surface area contributed by atoms with Gasteiger partial charge in [0, 0.05) is 12.0 Å². The molecule has 2 heterocycles. The number of carbonyl (C=O) groups excluding carboxylic acids is 1. The number of aliphatic imine (C=N–C) groups is 1. The number of thiophene rings is 1. The smallest absolute Gasteiger partial charge is 0.266 e. The van der Waals surface area contributed by atoms with Crippen LogP contribution in [0.4, 0.5) is 5.69 Å². The fourth-order valence-electron chi connectivity index (χ4n) is 2.12. The van der Waals surface area contributed by atoms with E-state index in [4.69, 9.17) is 16.3 Å². The summed E-state index contributed by atoms with van der Waals surface area (Å²) < 4.78 is 5.82. The minimum atomic E-state index is -0.0590. The van der Waals surface area contributed by atoms with Crippen LogP contribution in [0, 0.1) is 0 Å². The molecule has 4 nitrogen and oxygen atoms in total. The molecule has 1 aromatic carbocycles. The molecule has 24 heavy (non-hydrogen) atoms. The number of para-hydroxylation sites is 1. The Morgan fingerprint density at radius 1 is 1.25 bits per heavy atom. The van der Waals surface area contributed by atoms with E-state index in [1.165, 1.54) is 23.1 Å². The molecule has 7 heteroatoms. The average Bonchev–Trinajstić information content (AvgIpc) is 3.11. The molecule has 1 saturated heterocycles. The van der Waals surface area contributed by atoms with Crippen LogP contribution in [0.25, 0.3) is 6.08 Å². The molecule has 1 fully saturated rings. The van der Waals surface area contributed by atoms with Crippen molar-refractivity contribution in [1.82, 2.24) is 4.90 Å². The van der Waals surface area contributed by atoms with Crippen LogP contribution in [0.2, 0.25) is 4.34 Å². The summed E-state index contributed by atoms with van der Waals surface area (Å²) in [6, 6.07) is 13.3. The molecule has 0 unspecified atom stereocenters. The van der Waals surface area contributed by atoms with Gasteiger partial charge >= 0.3 is 0 Å². The number of amidine groups is 1. The lowest BCUT2D eigenvalue weighted by Gasteiger charge is -2.14. The topological polar surface area (TPSA) is 41.9 Å². The maximum Gasteiger partial charge on any atom is 0.266 e. The van der Waals surface area contributed by atoms with Crippen molar-refractivity contribution in [2.24, 2.45) is 4.99 Å². The maximum absolute atomic E-state index is 12.7. The van der Waals surface area contributed by atoms with E-state index in [0.29, 0.717) is 27.6 Å². The second-order valence-corrected chi connectivity index (χ2v) is 7.69. The van der Waals surface area contributed by atoms with Crippen molar-refractivity contribution < 1.29 is 9.53 Å². The van der Waals surface area contributed by atoms with Crippen LogP contribution < -0.4 is 0 Å². The summed E-state index contributed by atoms with van der Waals surface area (Å²) in [5.74, 6) is -0.0590. The Morgan fingerprint density at radius 3 is 2.71 bits per heavy atom. The second-order valence-electron chi connectivity index (χ2n) is 4.93. The highest BCUT2D eigenvalue weighted by Crippen LogP contribution is 2.35. The standard InChI is InChI=1S/C17H15ClN2O2S2/c1-22-10-9-20-16(21)14(11-13-7-8-15(18)23-13)24-17(20)19-12-5-3-2-4-6-12/h2-8,11H,9-10H2,1H3. The first-order chi connectivity index (χ1) is 11.7. The highest BCUT2D eigenvalue weighted by molar-refractivity contribution is 8.18. The predicted molar refractivity (Wildman–Crippen MR) is 102 cm³/mol. The number of nitrogens with zero attached hydrogens (tertiary/aromatic N) is 2. The van der Waals surface area contributed by atoms with Gasteiger partial charge in [-0.15, -0.1) is 11.3 Å². The molecule has 0 saturated carbocycles. The van der Waals surface area contributed by atoms with Gasteiger partial charge in [0.25, 0.3) is 5.91 Å². The van der Waals surface area contributed by atoms with Crippen molar-refractivity contribution in [2.45, 2.75) is 0 Å². The van der Waals surface area contributed by atoms with Crippen molar-refractivity contribution in [1.29, 1.82) is 0 Å². The molecule has 3 rings (SSSR count). The fraction of sp³-hybridized carbons (Fsp3) is 0.176. The Balaban J connectivity index is 1.90. The number of hydrogen-bond donors (Lipinski definition) is 0. The van der Waals surface area contributed by atoms with Gasteiger partial charge in [-0.2, -0.15) is 0 Å². The molecular weight excluding hydrogens is 364 g/mol. The average molecular weight is 379 g/mol. The van der Waals surface area contributed by atoms with Crippen LogP contribution in [-0.4, -0.2) is 36.2 Å². The molecular formula is C17H15ClN2O2S2. The third kappa shape index (κ3) is 4.08. The number of halogens is 1. The minimum Gasteiger partial charge on any atom is -0.383 e. The Bertz CT molecular complexity index is 787. The summed E-state index contributed by atoms with van der Waals surface area (Å²) in [6.45, 7) is 0.925. The van der Waals surface area contributed by atoms with Crippen LogP contribution >= 0.6 is 34.7 Å². The molecule has 1 aliphatic heterocycles. The molecule has 0 atom stereocenters. The van der Waals surface area contributed by atoms with Crippen LogP contribution in [0.15, 0.2) is 52.4 Å². The first-order valence-corrected chi connectivity index (χ1v) is 9.28. The molecule has 0 aliphatic carbocycles. The van der Waals surface area contributed by atoms with Gasteiger partial charge in [0.1, 0.15) is 0 Å². The highest BCUT2D eigenvalue weighted by Gasteiger charge is 2.33. The van der Waals surface area contributed by atoms with E-state index in [2.05, 4.69) is 4.99 Å². The number of rotatable bonds is 5. The number of thioether (sulfide) groups is 1. The number of ether oxygens (including phenoxy) is 1. The fourth-order valence-corrected chi connectivity index (χ4v) is 4.21. The van der Waals surface area contributed by atoms with E-state index >= 15 is 0 Å². The lowest BCUT2D eigenvalue weighted by molar-refractivity contribution is -0.122. The maximum atomic E-state index is 12.7. The SMILES string of the molecule is COCCN1C(=O)C(=Cc2ccc(Cl)s2)SC1=Nc1ccccc1. The van der Waals surface area contributed by atoms with Crippen LogP contribution in [0.5, 0.6) is 0 Å². The lowest BCUT2D eigenvalue weighted by Crippen LogP contribution is -2.32. The van der Waals surface area contributed by atoms with Crippen LogP contribution in [0.1, 0.15) is 4.88 Å². The van der Waals surface area contributed by atoms with E-state index in [0.717, 1.165) is 10.6 Å². The summed E-state index contributed by atoms with van der Waals surface area (Å²) in [7, 11) is 1.62. The van der Waals surface area contributed by atoms with Gasteiger partial charge in [-0.05, 0) is 42.1 Å². The van der Waals surface area contributed by atoms with Crippen molar-refractivity contribution in [3.8, 4) is 0 Å². The summed E-state index contributed by atoms with van der Waals surface area (Å²) in [5, 5.41) is 0.664. The van der Waals surface area contributed by atoms with Crippen LogP contribution in [0.3, 0.4) is 0 Å². The van der Waals surface area contributed by atoms with Crippen molar-refractivity contribution in [3.63, 3.8) is 0 Å². The first-order valence-electron chi connectivity index (χ1n) is 7.27. The quantitative estimate of drug-likeness (QED) is 0.711. The monoisotopic (exact) mass is 378 g/mol. The molecule has 1 amide bonds. The van der Waals surface area contributed by atoms with Crippen molar-refractivity contribution >= 4 is 57.5 Å². The van der Waals surface area contributed by atoms with Gasteiger partial charge in [-0.1, -0.05) is 29.8 Å². The molecule has 0 N–H and O–H groups in total. The molecule has 124 valence electrons. The van der Waals surface area contributed by atoms with E-state index in [9.17, 15) is 4.79 Å². The van der Waals surface area contributed by atoms with Gasteiger partial charge in [0.15, 0.2) is 5.17 Å². The summed E-state index contributed by atoms with van der Waals surface area (Å²) in [4.78, 5) is 20.5.